The second kappa shape index (κ2) is 4.72. The molecule has 0 saturated heterocycles. The van der Waals surface area contributed by atoms with Crippen molar-refractivity contribution in [3.63, 3.8) is 0 Å². The van der Waals surface area contributed by atoms with Crippen molar-refractivity contribution in [1.82, 2.24) is 10.2 Å². The summed E-state index contributed by atoms with van der Waals surface area (Å²) in [5.74, 6) is 0.983. The molecule has 0 amide bonds. The Morgan fingerprint density at radius 3 is 2.58 bits per heavy atom. The van der Waals surface area contributed by atoms with E-state index in [-0.39, 0.29) is 6.04 Å². The highest BCUT2D eigenvalue weighted by atomic mass is 15.3. The zero-order valence-corrected chi connectivity index (χ0v) is 11.6. The summed E-state index contributed by atoms with van der Waals surface area (Å²) in [5, 5.41) is 3.41. The molecule has 0 spiro atoms. The Morgan fingerprint density at radius 1 is 1.26 bits per heavy atom. The highest BCUT2D eigenvalue weighted by Crippen LogP contribution is 2.41. The fraction of sp³-hybridized carbons (Fsp3) is 0.438. The lowest BCUT2D eigenvalue weighted by Crippen LogP contribution is -2.43. The summed E-state index contributed by atoms with van der Waals surface area (Å²) in [6, 6.07) is 10.6. The minimum atomic E-state index is 0.191. The highest BCUT2D eigenvalue weighted by Gasteiger charge is 2.42. The Hall–Kier alpha value is -1.77. The zero-order chi connectivity index (χ0) is 13.3. The predicted molar refractivity (Wildman–Crippen MR) is 78.9 cm³/mol. The van der Waals surface area contributed by atoms with E-state index in [0.717, 1.165) is 12.5 Å². The van der Waals surface area contributed by atoms with Crippen molar-refractivity contribution in [2.45, 2.75) is 38.3 Å². The summed E-state index contributed by atoms with van der Waals surface area (Å²) in [5.41, 5.74) is 1.64. The minimum absolute atomic E-state index is 0.191. The van der Waals surface area contributed by atoms with Gasteiger partial charge in [-0.1, -0.05) is 30.3 Å². The minimum Gasteiger partial charge on any atom is -0.355 e. The Morgan fingerprint density at radius 2 is 2.00 bits per heavy atom. The number of hydrogen-bond donors (Lipinski definition) is 1. The SMILES string of the molecule is C[C@H](N=C1C=CN(C2(C)CC2)CN1)c1ccccc1. The topological polar surface area (TPSA) is 27.6 Å². The standard InChI is InChI=1S/C16H21N3/c1-13(14-6-4-3-5-7-14)18-15-8-11-19(12-17-15)16(2)9-10-16/h3-8,11,13H,9-10,12H2,1-2H3,(H,17,18)/t13-/m0/s1. The van der Waals surface area contributed by atoms with Crippen LogP contribution < -0.4 is 5.32 Å². The molecular formula is C16H21N3. The summed E-state index contributed by atoms with van der Waals surface area (Å²) in [7, 11) is 0. The first-order valence-corrected chi connectivity index (χ1v) is 6.99. The lowest BCUT2D eigenvalue weighted by Gasteiger charge is -2.31. The lowest BCUT2D eigenvalue weighted by atomic mass is 10.1. The maximum atomic E-state index is 4.74. The van der Waals surface area contributed by atoms with E-state index in [1.807, 2.05) is 6.07 Å². The monoisotopic (exact) mass is 255 g/mol. The third-order valence-corrected chi connectivity index (χ3v) is 4.12. The van der Waals surface area contributed by atoms with Gasteiger partial charge in [-0.2, -0.15) is 0 Å². The van der Waals surface area contributed by atoms with Gasteiger partial charge >= 0.3 is 0 Å². The van der Waals surface area contributed by atoms with Crippen molar-refractivity contribution >= 4 is 5.84 Å². The molecule has 0 radical (unpaired) electrons. The van der Waals surface area contributed by atoms with E-state index in [1.165, 1.54) is 18.4 Å². The molecule has 19 heavy (non-hydrogen) atoms. The van der Waals surface area contributed by atoms with Gasteiger partial charge < -0.3 is 10.2 Å². The van der Waals surface area contributed by atoms with Crippen LogP contribution in [0, 0.1) is 0 Å². The fourth-order valence-electron chi connectivity index (χ4n) is 2.38. The van der Waals surface area contributed by atoms with E-state index >= 15 is 0 Å². The van der Waals surface area contributed by atoms with Crippen molar-refractivity contribution in [3.05, 3.63) is 48.2 Å². The molecule has 3 rings (SSSR count). The number of nitrogens with zero attached hydrogens (tertiary/aromatic N) is 2. The number of amidine groups is 1. The average molecular weight is 255 g/mol. The molecule has 0 unspecified atom stereocenters. The Balaban J connectivity index is 1.69. The van der Waals surface area contributed by atoms with E-state index in [1.54, 1.807) is 0 Å². The van der Waals surface area contributed by atoms with Crippen LogP contribution in [0.25, 0.3) is 0 Å². The fourth-order valence-corrected chi connectivity index (χ4v) is 2.38. The summed E-state index contributed by atoms with van der Waals surface area (Å²) >= 11 is 0. The number of aliphatic imine (C=N–C) groups is 1. The molecule has 1 atom stereocenters. The van der Waals surface area contributed by atoms with Crippen molar-refractivity contribution < 1.29 is 0 Å². The van der Waals surface area contributed by atoms with E-state index in [2.05, 4.69) is 60.6 Å². The molecule has 3 heteroatoms. The van der Waals surface area contributed by atoms with Crippen LogP contribution in [-0.2, 0) is 0 Å². The van der Waals surface area contributed by atoms with Gasteiger partial charge in [-0.3, -0.25) is 4.99 Å². The molecule has 0 bridgehead atoms. The second-order valence-corrected chi connectivity index (χ2v) is 5.72. The normalized spacial score (nSPS) is 24.1. The first kappa shape index (κ1) is 12.3. The first-order chi connectivity index (χ1) is 9.17. The Kier molecular flexibility index (Phi) is 3.05. The molecule has 1 aliphatic carbocycles. The molecule has 1 heterocycles. The molecule has 1 N–H and O–H groups in total. The molecule has 1 fully saturated rings. The summed E-state index contributed by atoms with van der Waals surface area (Å²) in [6.45, 7) is 5.31. The summed E-state index contributed by atoms with van der Waals surface area (Å²) in [4.78, 5) is 7.11. The zero-order valence-electron chi connectivity index (χ0n) is 11.6. The molecular weight excluding hydrogens is 234 g/mol. The van der Waals surface area contributed by atoms with Crippen LogP contribution in [0.4, 0.5) is 0 Å². The number of rotatable bonds is 3. The third-order valence-electron chi connectivity index (χ3n) is 4.12. The molecule has 1 aromatic rings. The molecule has 3 nitrogen and oxygen atoms in total. The smallest absolute Gasteiger partial charge is 0.124 e. The van der Waals surface area contributed by atoms with Gasteiger partial charge in [-0.25, -0.2) is 0 Å². The van der Waals surface area contributed by atoms with Gasteiger partial charge in [0.15, 0.2) is 0 Å². The van der Waals surface area contributed by atoms with Crippen molar-refractivity contribution in [2.75, 3.05) is 6.67 Å². The van der Waals surface area contributed by atoms with Crippen LogP contribution in [0.15, 0.2) is 47.6 Å². The van der Waals surface area contributed by atoms with E-state index < -0.39 is 0 Å². The average Bonchev–Trinajstić information content (AvgIpc) is 3.20. The lowest BCUT2D eigenvalue weighted by molar-refractivity contribution is 0.264. The van der Waals surface area contributed by atoms with Gasteiger partial charge in [0.05, 0.1) is 12.7 Å². The molecule has 1 aromatic carbocycles. The number of nitrogens with one attached hydrogen (secondary N) is 1. The largest absolute Gasteiger partial charge is 0.355 e. The van der Waals surface area contributed by atoms with Gasteiger partial charge in [-0.15, -0.1) is 0 Å². The maximum Gasteiger partial charge on any atom is 0.124 e. The van der Waals surface area contributed by atoms with Crippen LogP contribution in [-0.4, -0.2) is 22.9 Å². The van der Waals surface area contributed by atoms with E-state index in [4.69, 9.17) is 4.99 Å². The van der Waals surface area contributed by atoms with Crippen LogP contribution in [0.2, 0.25) is 0 Å². The van der Waals surface area contributed by atoms with Gasteiger partial charge in [0, 0.05) is 11.7 Å². The molecule has 1 aliphatic heterocycles. The molecule has 0 aromatic heterocycles. The van der Waals surface area contributed by atoms with Gasteiger partial charge in [0.2, 0.25) is 0 Å². The molecule has 100 valence electrons. The number of benzene rings is 1. The van der Waals surface area contributed by atoms with Gasteiger partial charge in [-0.05, 0) is 38.3 Å². The van der Waals surface area contributed by atoms with Crippen LogP contribution in [0.3, 0.4) is 0 Å². The Bertz CT molecular complexity index is 500. The molecule has 2 aliphatic rings. The first-order valence-electron chi connectivity index (χ1n) is 6.99. The summed E-state index contributed by atoms with van der Waals surface area (Å²) in [6.07, 6.45) is 6.87. The van der Waals surface area contributed by atoms with Crippen LogP contribution in [0.5, 0.6) is 0 Å². The van der Waals surface area contributed by atoms with Crippen LogP contribution >= 0.6 is 0 Å². The maximum absolute atomic E-state index is 4.74. The highest BCUT2D eigenvalue weighted by molar-refractivity contribution is 5.93. The summed E-state index contributed by atoms with van der Waals surface area (Å²) < 4.78 is 0. The van der Waals surface area contributed by atoms with Crippen LogP contribution in [0.1, 0.15) is 38.3 Å². The molecule has 1 saturated carbocycles. The quantitative estimate of drug-likeness (QED) is 0.899. The second-order valence-electron chi connectivity index (χ2n) is 5.72. The van der Waals surface area contributed by atoms with Crippen molar-refractivity contribution in [1.29, 1.82) is 0 Å². The van der Waals surface area contributed by atoms with Crippen molar-refractivity contribution in [3.8, 4) is 0 Å². The van der Waals surface area contributed by atoms with Gasteiger partial charge in [0.1, 0.15) is 5.84 Å². The predicted octanol–water partition coefficient (Wildman–Crippen LogP) is 3.08. The Labute approximate surface area is 115 Å². The third kappa shape index (κ3) is 2.65. The van der Waals surface area contributed by atoms with E-state index in [9.17, 15) is 0 Å². The van der Waals surface area contributed by atoms with E-state index in [0.29, 0.717) is 5.54 Å². The number of hydrogen-bond acceptors (Lipinski definition) is 2. The van der Waals surface area contributed by atoms with Crippen molar-refractivity contribution in [2.24, 2.45) is 4.99 Å². The van der Waals surface area contributed by atoms with Gasteiger partial charge in [0.25, 0.3) is 0 Å².